The second-order valence-electron chi connectivity index (χ2n) is 4.26. The number of pyridine rings is 1. The van der Waals surface area contributed by atoms with Gasteiger partial charge in [0.2, 0.25) is 0 Å². The van der Waals surface area contributed by atoms with E-state index >= 15 is 0 Å². The fraction of sp³-hybridized carbons (Fsp3) is 0.133. The van der Waals surface area contributed by atoms with Gasteiger partial charge >= 0.3 is 11.7 Å². The lowest BCUT2D eigenvalue weighted by Crippen LogP contribution is -2.35. The van der Waals surface area contributed by atoms with Gasteiger partial charge in [-0.25, -0.2) is 4.79 Å². The summed E-state index contributed by atoms with van der Waals surface area (Å²) in [5, 5.41) is 11.7. The van der Waals surface area contributed by atoms with Crippen molar-refractivity contribution in [3.63, 3.8) is 0 Å². The van der Waals surface area contributed by atoms with Crippen LogP contribution in [0.4, 0.5) is 0 Å². The monoisotopic (exact) mass is 321 g/mol. The Morgan fingerprint density at radius 3 is 2.68 bits per heavy atom. The van der Waals surface area contributed by atoms with Gasteiger partial charge in [-0.15, -0.1) is 0 Å². The van der Waals surface area contributed by atoms with Gasteiger partial charge in [-0.3, -0.25) is 4.79 Å². The minimum Gasteiger partial charge on any atom is -0.618 e. The summed E-state index contributed by atoms with van der Waals surface area (Å²) in [5.41, 5.74) is 0.0877. The summed E-state index contributed by atoms with van der Waals surface area (Å²) in [6, 6.07) is 8.79. The number of Topliss-reactive ketones (excluding diaryl/α,β-unsaturated/α-hetero) is 1. The number of carbonyl (C=O) groups is 2. The number of esters is 1. The van der Waals surface area contributed by atoms with Crippen LogP contribution in [0.5, 0.6) is 5.75 Å². The fourth-order valence-electron chi connectivity index (χ4n) is 1.71. The Kier molecular flexibility index (Phi) is 4.95. The Hall–Kier alpha value is -2.60. The van der Waals surface area contributed by atoms with Crippen LogP contribution in [-0.4, -0.2) is 25.5 Å². The number of methoxy groups -OCH3 is 1. The standard InChI is InChI=1S/C15H12ClNO5/c1-21-14-6-5-10(8-11(14)16)13(18)9-22-15(19)12-4-2-3-7-17(12)20/h2-8H,9H2,1H3. The molecule has 0 aliphatic heterocycles. The molecule has 1 aromatic carbocycles. The molecule has 114 valence electrons. The lowest BCUT2D eigenvalue weighted by molar-refractivity contribution is -0.608. The highest BCUT2D eigenvalue weighted by atomic mass is 35.5. The van der Waals surface area contributed by atoms with Crippen LogP contribution >= 0.6 is 11.6 Å². The first kappa shape index (κ1) is 15.8. The van der Waals surface area contributed by atoms with E-state index in [1.807, 2.05) is 0 Å². The van der Waals surface area contributed by atoms with E-state index in [1.54, 1.807) is 6.07 Å². The number of nitrogens with zero attached hydrogens (tertiary/aromatic N) is 1. The summed E-state index contributed by atoms with van der Waals surface area (Å²) in [5.74, 6) is -0.873. The fourth-order valence-corrected chi connectivity index (χ4v) is 1.97. The van der Waals surface area contributed by atoms with Crippen molar-refractivity contribution < 1.29 is 23.8 Å². The third-order valence-electron chi connectivity index (χ3n) is 2.84. The summed E-state index contributed by atoms with van der Waals surface area (Å²) in [6.45, 7) is -0.490. The van der Waals surface area contributed by atoms with Crippen molar-refractivity contribution >= 4 is 23.4 Å². The smallest absolute Gasteiger partial charge is 0.405 e. The maximum absolute atomic E-state index is 12.0. The number of carbonyl (C=O) groups excluding carboxylic acids is 2. The predicted octanol–water partition coefficient (Wildman–Crippen LogP) is 2.02. The molecule has 0 saturated heterocycles. The van der Waals surface area contributed by atoms with E-state index in [0.717, 1.165) is 0 Å². The molecule has 0 N–H and O–H groups in total. The maximum Gasteiger partial charge on any atom is 0.405 e. The number of benzene rings is 1. The minimum atomic E-state index is -0.872. The Morgan fingerprint density at radius 1 is 1.27 bits per heavy atom. The van der Waals surface area contributed by atoms with Crippen LogP contribution < -0.4 is 9.47 Å². The largest absolute Gasteiger partial charge is 0.618 e. The van der Waals surface area contributed by atoms with Crippen LogP contribution in [-0.2, 0) is 4.74 Å². The van der Waals surface area contributed by atoms with Crippen molar-refractivity contribution in [1.29, 1.82) is 0 Å². The van der Waals surface area contributed by atoms with E-state index in [1.165, 1.54) is 43.6 Å². The zero-order valence-corrected chi connectivity index (χ0v) is 12.4. The van der Waals surface area contributed by atoms with E-state index in [0.29, 0.717) is 10.5 Å². The normalized spacial score (nSPS) is 10.1. The van der Waals surface area contributed by atoms with Crippen molar-refractivity contribution in [3.8, 4) is 5.75 Å². The molecule has 2 rings (SSSR count). The zero-order valence-electron chi connectivity index (χ0n) is 11.6. The highest BCUT2D eigenvalue weighted by Gasteiger charge is 2.19. The van der Waals surface area contributed by atoms with Gasteiger partial charge in [-0.05, 0) is 24.3 Å². The highest BCUT2D eigenvalue weighted by Crippen LogP contribution is 2.25. The van der Waals surface area contributed by atoms with E-state index < -0.39 is 18.4 Å². The van der Waals surface area contributed by atoms with E-state index in [-0.39, 0.29) is 16.3 Å². The molecular weight excluding hydrogens is 310 g/mol. The van der Waals surface area contributed by atoms with Gasteiger partial charge in [-0.2, -0.15) is 4.73 Å². The van der Waals surface area contributed by atoms with Gasteiger partial charge in [-0.1, -0.05) is 11.6 Å². The molecular formula is C15H12ClNO5. The predicted molar refractivity (Wildman–Crippen MR) is 78.0 cm³/mol. The molecule has 0 fully saturated rings. The molecule has 0 spiro atoms. The first-order valence-corrected chi connectivity index (χ1v) is 6.63. The van der Waals surface area contributed by atoms with E-state index in [2.05, 4.69) is 0 Å². The summed E-state index contributed by atoms with van der Waals surface area (Å²) >= 11 is 5.92. The number of hydrogen-bond acceptors (Lipinski definition) is 5. The van der Waals surface area contributed by atoms with Gasteiger partial charge in [0, 0.05) is 17.7 Å². The maximum atomic E-state index is 12.0. The van der Waals surface area contributed by atoms with Gasteiger partial charge in [0.15, 0.2) is 18.6 Å². The zero-order chi connectivity index (χ0) is 16.1. The molecule has 0 atom stereocenters. The van der Waals surface area contributed by atoms with Gasteiger partial charge < -0.3 is 14.7 Å². The molecule has 22 heavy (non-hydrogen) atoms. The molecule has 0 unspecified atom stereocenters. The van der Waals surface area contributed by atoms with E-state index in [4.69, 9.17) is 21.1 Å². The molecule has 0 amide bonds. The Morgan fingerprint density at radius 2 is 2.05 bits per heavy atom. The second-order valence-corrected chi connectivity index (χ2v) is 4.67. The van der Waals surface area contributed by atoms with Crippen LogP contribution in [0.15, 0.2) is 42.6 Å². The molecule has 0 saturated carbocycles. The quantitative estimate of drug-likeness (QED) is 0.364. The minimum absolute atomic E-state index is 0.192. The van der Waals surface area contributed by atoms with Gasteiger partial charge in [0.25, 0.3) is 0 Å². The molecule has 0 radical (unpaired) electrons. The summed E-state index contributed by atoms with van der Waals surface area (Å²) in [6.07, 6.45) is 1.17. The average molecular weight is 322 g/mol. The van der Waals surface area contributed by atoms with Crippen LogP contribution in [0.3, 0.4) is 0 Å². The number of halogens is 1. The van der Waals surface area contributed by atoms with Crippen LogP contribution in [0.2, 0.25) is 5.02 Å². The SMILES string of the molecule is COc1ccc(C(=O)COC(=O)c2cccc[n+]2[O-])cc1Cl. The van der Waals surface area contributed by atoms with Gasteiger partial charge in [0.05, 0.1) is 12.1 Å². The summed E-state index contributed by atoms with van der Waals surface area (Å²) in [4.78, 5) is 23.7. The molecule has 1 heterocycles. The average Bonchev–Trinajstić information content (AvgIpc) is 2.52. The Balaban J connectivity index is 2.02. The first-order valence-electron chi connectivity index (χ1n) is 6.25. The Bertz CT molecular complexity index is 717. The topological polar surface area (TPSA) is 79.5 Å². The molecule has 0 bridgehead atoms. The molecule has 0 aliphatic rings. The third kappa shape index (κ3) is 3.53. The van der Waals surface area contributed by atoms with Crippen molar-refractivity contribution in [2.24, 2.45) is 0 Å². The van der Waals surface area contributed by atoms with Crippen molar-refractivity contribution in [3.05, 3.63) is 64.1 Å². The van der Waals surface area contributed by atoms with Crippen LogP contribution in [0, 0.1) is 5.21 Å². The van der Waals surface area contributed by atoms with Crippen molar-refractivity contribution in [1.82, 2.24) is 0 Å². The molecule has 2 aromatic rings. The molecule has 7 heteroatoms. The highest BCUT2D eigenvalue weighted by molar-refractivity contribution is 6.32. The van der Waals surface area contributed by atoms with Crippen LogP contribution in [0.1, 0.15) is 20.8 Å². The Labute approximate surface area is 131 Å². The van der Waals surface area contributed by atoms with Crippen molar-refractivity contribution in [2.45, 2.75) is 0 Å². The van der Waals surface area contributed by atoms with Crippen LogP contribution in [0.25, 0.3) is 0 Å². The number of rotatable bonds is 5. The lowest BCUT2D eigenvalue weighted by atomic mass is 10.1. The summed E-state index contributed by atoms with van der Waals surface area (Å²) in [7, 11) is 1.46. The number of hydrogen-bond donors (Lipinski definition) is 0. The lowest BCUT2D eigenvalue weighted by Gasteiger charge is -2.07. The summed E-state index contributed by atoms with van der Waals surface area (Å²) < 4.78 is 10.2. The number of ether oxygens (including phenoxy) is 2. The third-order valence-corrected chi connectivity index (χ3v) is 3.14. The van der Waals surface area contributed by atoms with Crippen molar-refractivity contribution in [2.75, 3.05) is 13.7 Å². The second kappa shape index (κ2) is 6.91. The molecule has 1 aromatic heterocycles. The first-order chi connectivity index (χ1) is 10.5. The van der Waals surface area contributed by atoms with Gasteiger partial charge in [0.1, 0.15) is 5.75 Å². The molecule has 0 aliphatic carbocycles. The molecule has 6 nitrogen and oxygen atoms in total. The number of aromatic nitrogens is 1. The van der Waals surface area contributed by atoms with E-state index in [9.17, 15) is 14.8 Å². The number of ketones is 1.